The first-order valence-corrected chi connectivity index (χ1v) is 6.99. The Kier molecular flexibility index (Phi) is 3.43. The summed E-state index contributed by atoms with van der Waals surface area (Å²) in [5, 5.41) is 23.3. The predicted molar refractivity (Wildman–Crippen MR) is 71.7 cm³/mol. The minimum atomic E-state index is -0.0904. The van der Waals surface area contributed by atoms with E-state index in [-0.39, 0.29) is 18.5 Å². The molecule has 0 spiro atoms. The maximum absolute atomic E-state index is 10.3. The molecule has 5 nitrogen and oxygen atoms in total. The van der Waals surface area contributed by atoms with E-state index in [9.17, 15) is 10.2 Å². The second-order valence-corrected chi connectivity index (χ2v) is 5.49. The van der Waals surface area contributed by atoms with Crippen LogP contribution in [0.3, 0.4) is 0 Å². The molecule has 2 saturated heterocycles. The first-order valence-electron chi connectivity index (χ1n) is 6.99. The van der Waals surface area contributed by atoms with E-state index in [1.165, 1.54) is 19.3 Å². The van der Waals surface area contributed by atoms with Crippen molar-refractivity contribution in [1.29, 1.82) is 0 Å². The van der Waals surface area contributed by atoms with Gasteiger partial charge in [-0.05, 0) is 19.8 Å². The van der Waals surface area contributed by atoms with Crippen molar-refractivity contribution in [2.45, 2.75) is 45.0 Å². The Morgan fingerprint density at radius 1 is 1.47 bits per heavy atom. The molecular weight excluding hydrogens is 242 g/mol. The van der Waals surface area contributed by atoms with E-state index in [1.807, 2.05) is 0 Å². The monoisotopic (exact) mass is 263 g/mol. The molecule has 1 aromatic rings. The van der Waals surface area contributed by atoms with Crippen molar-refractivity contribution in [3.05, 3.63) is 23.0 Å². The normalized spacial score (nSPS) is 27.5. The molecule has 5 heteroatoms. The Balaban J connectivity index is 1.99. The van der Waals surface area contributed by atoms with Crippen LogP contribution < -0.4 is 5.32 Å². The van der Waals surface area contributed by atoms with Crippen LogP contribution in [0.15, 0.2) is 6.20 Å². The molecule has 0 radical (unpaired) electrons. The van der Waals surface area contributed by atoms with Gasteiger partial charge in [-0.1, -0.05) is 6.42 Å². The Labute approximate surface area is 113 Å². The second kappa shape index (κ2) is 5.07. The Bertz CT molecular complexity index is 478. The fraction of sp³-hybridized carbons (Fsp3) is 0.643. The number of aliphatic hydroxyl groups excluding tert-OH is 1. The molecule has 104 valence electrons. The van der Waals surface area contributed by atoms with Gasteiger partial charge in [-0.25, -0.2) is 0 Å². The molecule has 2 unspecified atom stereocenters. The van der Waals surface area contributed by atoms with E-state index in [0.29, 0.717) is 17.3 Å². The number of rotatable bonds is 2. The van der Waals surface area contributed by atoms with Gasteiger partial charge >= 0.3 is 0 Å². The van der Waals surface area contributed by atoms with Gasteiger partial charge in [-0.15, -0.1) is 0 Å². The zero-order chi connectivity index (χ0) is 13.4. The molecule has 2 aliphatic heterocycles. The second-order valence-electron chi connectivity index (χ2n) is 5.49. The molecule has 0 aromatic carbocycles. The molecule has 1 aromatic heterocycles. The lowest BCUT2D eigenvalue weighted by atomic mass is 10.0. The molecule has 0 amide bonds. The molecule has 3 rings (SSSR count). The Hall–Kier alpha value is -1.17. The quantitative estimate of drug-likeness (QED) is 0.744. The van der Waals surface area contributed by atoms with Crippen LogP contribution in [-0.4, -0.2) is 39.2 Å². The van der Waals surface area contributed by atoms with Crippen molar-refractivity contribution in [1.82, 2.24) is 15.2 Å². The number of pyridine rings is 1. The van der Waals surface area contributed by atoms with Crippen molar-refractivity contribution < 1.29 is 10.2 Å². The van der Waals surface area contributed by atoms with Crippen LogP contribution in [0.2, 0.25) is 0 Å². The molecule has 2 atom stereocenters. The molecule has 0 saturated carbocycles. The number of aromatic hydroxyl groups is 1. The lowest BCUT2D eigenvalue weighted by molar-refractivity contribution is 0.144. The van der Waals surface area contributed by atoms with Crippen LogP contribution >= 0.6 is 0 Å². The van der Waals surface area contributed by atoms with Gasteiger partial charge in [0, 0.05) is 36.5 Å². The number of hydrogen-bond acceptors (Lipinski definition) is 5. The minimum absolute atomic E-state index is 0.00847. The van der Waals surface area contributed by atoms with Gasteiger partial charge in [-0.3, -0.25) is 15.2 Å². The average molecular weight is 263 g/mol. The minimum Gasteiger partial charge on any atom is -0.506 e. The third-order valence-corrected chi connectivity index (χ3v) is 4.35. The summed E-state index contributed by atoms with van der Waals surface area (Å²) in [5.74, 6) is 0.218. The number of aromatic nitrogens is 1. The maximum Gasteiger partial charge on any atom is 0.143 e. The van der Waals surface area contributed by atoms with E-state index in [0.717, 1.165) is 18.7 Å². The fourth-order valence-electron chi connectivity index (χ4n) is 3.30. The van der Waals surface area contributed by atoms with E-state index in [4.69, 9.17) is 0 Å². The van der Waals surface area contributed by atoms with E-state index >= 15 is 0 Å². The third kappa shape index (κ3) is 2.12. The summed E-state index contributed by atoms with van der Waals surface area (Å²) < 4.78 is 0. The van der Waals surface area contributed by atoms with Crippen molar-refractivity contribution in [3.8, 4) is 5.75 Å². The lowest BCUT2D eigenvalue weighted by Crippen LogP contribution is -2.37. The van der Waals surface area contributed by atoms with Crippen LogP contribution in [0.5, 0.6) is 5.75 Å². The third-order valence-electron chi connectivity index (χ3n) is 4.35. The molecule has 0 aliphatic carbocycles. The number of hydrogen-bond donors (Lipinski definition) is 3. The van der Waals surface area contributed by atoms with Gasteiger partial charge < -0.3 is 10.2 Å². The molecule has 2 fully saturated rings. The van der Waals surface area contributed by atoms with Gasteiger partial charge in [0.25, 0.3) is 0 Å². The summed E-state index contributed by atoms with van der Waals surface area (Å²) in [6, 6.07) is 0.554. The molecule has 2 aliphatic rings. The van der Waals surface area contributed by atoms with Gasteiger partial charge in [-0.2, -0.15) is 0 Å². The zero-order valence-corrected chi connectivity index (χ0v) is 11.3. The highest BCUT2D eigenvalue weighted by molar-refractivity contribution is 5.43. The summed E-state index contributed by atoms with van der Waals surface area (Å²) in [4.78, 5) is 6.54. The van der Waals surface area contributed by atoms with Crippen molar-refractivity contribution in [3.63, 3.8) is 0 Å². The van der Waals surface area contributed by atoms with Gasteiger partial charge in [0.2, 0.25) is 0 Å². The van der Waals surface area contributed by atoms with Crippen LogP contribution in [-0.2, 0) is 6.61 Å². The largest absolute Gasteiger partial charge is 0.506 e. The molecule has 0 bridgehead atoms. The van der Waals surface area contributed by atoms with Crippen LogP contribution in [0.25, 0.3) is 0 Å². The summed E-state index contributed by atoms with van der Waals surface area (Å²) >= 11 is 0. The Morgan fingerprint density at radius 2 is 2.32 bits per heavy atom. The summed E-state index contributed by atoms with van der Waals surface area (Å²) in [6.07, 6.45) is 5.37. The van der Waals surface area contributed by atoms with Gasteiger partial charge in [0.15, 0.2) is 0 Å². The molecular formula is C14H21N3O2. The summed E-state index contributed by atoms with van der Waals surface area (Å²) in [5.41, 5.74) is 2.14. The number of fused-ring (bicyclic) bond motifs is 1. The van der Waals surface area contributed by atoms with E-state index in [1.54, 1.807) is 13.1 Å². The van der Waals surface area contributed by atoms with Gasteiger partial charge in [0.05, 0.1) is 18.5 Å². The Morgan fingerprint density at radius 3 is 3.11 bits per heavy atom. The van der Waals surface area contributed by atoms with Crippen molar-refractivity contribution in [2.24, 2.45) is 0 Å². The highest BCUT2D eigenvalue weighted by atomic mass is 16.3. The summed E-state index contributed by atoms with van der Waals surface area (Å²) in [7, 11) is 0. The summed E-state index contributed by atoms with van der Waals surface area (Å²) in [6.45, 7) is 3.71. The van der Waals surface area contributed by atoms with Crippen molar-refractivity contribution in [2.75, 3.05) is 13.1 Å². The maximum atomic E-state index is 10.3. The number of nitrogens with zero attached hydrogens (tertiary/aromatic N) is 2. The van der Waals surface area contributed by atoms with Crippen LogP contribution in [0.1, 0.15) is 42.2 Å². The molecule has 3 N–H and O–H groups in total. The highest BCUT2D eigenvalue weighted by Crippen LogP contribution is 2.37. The SMILES string of the molecule is Cc1ncc(CO)c(C2NCC3CCCCN32)c1O. The number of aryl methyl sites for hydroxylation is 1. The topological polar surface area (TPSA) is 68.6 Å². The predicted octanol–water partition coefficient (Wildman–Crippen LogP) is 1.04. The number of nitrogens with one attached hydrogen (secondary N) is 1. The fourth-order valence-corrected chi connectivity index (χ4v) is 3.30. The average Bonchev–Trinajstić information content (AvgIpc) is 2.85. The standard InChI is InChI=1S/C14H21N3O2/c1-9-13(19)12(10(8-18)6-15-9)14-16-7-11-4-2-3-5-17(11)14/h6,11,14,16,18-19H,2-5,7-8H2,1H3. The van der Waals surface area contributed by atoms with E-state index in [2.05, 4.69) is 15.2 Å². The van der Waals surface area contributed by atoms with Crippen molar-refractivity contribution >= 4 is 0 Å². The number of aliphatic hydroxyl groups is 1. The molecule has 19 heavy (non-hydrogen) atoms. The number of piperidine rings is 1. The zero-order valence-electron chi connectivity index (χ0n) is 11.3. The first kappa shape index (κ1) is 12.8. The first-order chi connectivity index (χ1) is 9.22. The van der Waals surface area contributed by atoms with Crippen LogP contribution in [0, 0.1) is 6.92 Å². The smallest absolute Gasteiger partial charge is 0.143 e. The highest BCUT2D eigenvalue weighted by Gasteiger charge is 2.37. The lowest BCUT2D eigenvalue weighted by Gasteiger charge is -2.34. The molecule has 3 heterocycles. The van der Waals surface area contributed by atoms with Crippen LogP contribution in [0.4, 0.5) is 0 Å². The van der Waals surface area contributed by atoms with Gasteiger partial charge in [0.1, 0.15) is 5.75 Å². The van der Waals surface area contributed by atoms with E-state index < -0.39 is 0 Å².